The van der Waals surface area contributed by atoms with Crippen LogP contribution >= 0.6 is 0 Å². The summed E-state index contributed by atoms with van der Waals surface area (Å²) in [5.41, 5.74) is 10.6. The molecule has 10 rings (SSSR count). The molecule has 0 amide bonds. The number of fused-ring (bicyclic) bond motifs is 2. The van der Waals surface area contributed by atoms with Gasteiger partial charge in [-0.05, 0) is 123 Å². The molecule has 4 heteroatoms. The van der Waals surface area contributed by atoms with Gasteiger partial charge in [0.15, 0.2) is 5.69 Å². The molecule has 0 aliphatic heterocycles. The lowest BCUT2D eigenvalue weighted by Gasteiger charge is -2.24. The predicted molar refractivity (Wildman–Crippen MR) is 264 cm³/mol. The van der Waals surface area contributed by atoms with Gasteiger partial charge in [-0.3, -0.25) is 0 Å². The average Bonchev–Trinajstić information content (AvgIpc) is 3.26. The fourth-order valence-electron chi connectivity index (χ4n) is 9.73. The Kier molecular flexibility index (Phi) is 8.67. The second kappa shape index (κ2) is 13.9. The first-order valence-corrected chi connectivity index (χ1v) is 27.8. The van der Waals surface area contributed by atoms with Crippen molar-refractivity contribution in [3.63, 3.8) is 0 Å². The monoisotopic (exact) mass is 800 g/mol. The number of nitriles is 1. The Hall–Kier alpha value is -6.83. The van der Waals surface area contributed by atoms with E-state index in [2.05, 4.69) is 184 Å². The summed E-state index contributed by atoms with van der Waals surface area (Å²) in [7, 11) is -3.32. The van der Waals surface area contributed by atoms with Crippen LogP contribution in [0.4, 0.5) is 5.69 Å². The summed E-state index contributed by atoms with van der Waals surface area (Å²) in [5.74, 6) is 0. The molecule has 0 aliphatic rings. The summed E-state index contributed by atoms with van der Waals surface area (Å²) in [6.45, 7) is 22.3. The maximum absolute atomic E-state index is 9.76. The second-order valence-corrected chi connectivity index (χ2v) is 28.4. The number of benzene rings is 10. The Morgan fingerprint density at radius 2 is 0.783 bits per heavy atom. The zero-order chi connectivity index (χ0) is 41.5. The average molecular weight is 801 g/mol. The van der Waals surface area contributed by atoms with Gasteiger partial charge in [0.2, 0.25) is 0 Å². The first-order valence-electron chi connectivity index (χ1n) is 20.8. The molecule has 0 radical (unpaired) electrons. The van der Waals surface area contributed by atoms with E-state index in [0.29, 0.717) is 11.3 Å². The van der Waals surface area contributed by atoms with Gasteiger partial charge in [0.25, 0.3) is 0 Å². The van der Waals surface area contributed by atoms with Crippen molar-refractivity contribution < 1.29 is 0 Å². The van der Waals surface area contributed by atoms with Crippen molar-refractivity contribution in [3.05, 3.63) is 175 Å². The Morgan fingerprint density at radius 1 is 0.400 bits per heavy atom. The Morgan fingerprint density at radius 3 is 1.17 bits per heavy atom. The standard InChI is InChI=1S/C56H44N2Si2/c1-58-38-22-20-37(21-23-38)50-33-52(42-29-31-54(60(5,6)7)44-15-11-9-13-40(42)44)48-26-24-45-49(36-18-16-35(34-57)17-19-36)32-51(47-27-25-46(50)56(48)55(45)47)41-28-30-53(59(2,3)4)43-14-10-8-12-39(41)43/h8-33H,2-7H3. The van der Waals surface area contributed by atoms with Crippen molar-refractivity contribution >= 4 is 86.1 Å². The second-order valence-electron chi connectivity index (χ2n) is 18.3. The molecule has 0 aliphatic carbocycles. The van der Waals surface area contributed by atoms with Crippen LogP contribution in [0.25, 0.3) is 103 Å². The molecule has 2 nitrogen and oxygen atoms in total. The van der Waals surface area contributed by atoms with Gasteiger partial charge in [-0.1, -0.05) is 183 Å². The molecule has 0 fully saturated rings. The fourth-order valence-corrected chi connectivity index (χ4v) is 13.0. The highest BCUT2D eigenvalue weighted by Gasteiger charge is 2.26. The molecule has 0 heterocycles. The normalized spacial score (nSPS) is 12.1. The largest absolute Gasteiger partial charge is 0.238 e. The highest BCUT2D eigenvalue weighted by Crippen LogP contribution is 2.50. The molecule has 0 atom stereocenters. The number of hydrogen-bond acceptors (Lipinski definition) is 1. The van der Waals surface area contributed by atoms with Crippen LogP contribution in [-0.2, 0) is 0 Å². The van der Waals surface area contributed by atoms with E-state index < -0.39 is 16.1 Å². The molecule has 0 saturated heterocycles. The summed E-state index contributed by atoms with van der Waals surface area (Å²) < 4.78 is 0. The maximum atomic E-state index is 9.76. The minimum atomic E-state index is -1.66. The Labute approximate surface area is 354 Å². The van der Waals surface area contributed by atoms with Gasteiger partial charge in [0, 0.05) is 0 Å². The minimum absolute atomic E-state index is 0.633. The van der Waals surface area contributed by atoms with Crippen molar-refractivity contribution in [2.75, 3.05) is 0 Å². The van der Waals surface area contributed by atoms with Gasteiger partial charge in [0.1, 0.15) is 0 Å². The fraction of sp³-hybridized carbons (Fsp3) is 0.107. The summed E-state index contributed by atoms with van der Waals surface area (Å²) in [4.78, 5) is 3.73. The van der Waals surface area contributed by atoms with Crippen LogP contribution in [0.2, 0.25) is 39.3 Å². The smallest absolute Gasteiger partial charge is 0.187 e. The van der Waals surface area contributed by atoms with E-state index in [0.717, 1.165) is 22.3 Å². The number of nitrogens with zero attached hydrogens (tertiary/aromatic N) is 2. The van der Waals surface area contributed by atoms with E-state index in [1.54, 1.807) is 0 Å². The zero-order valence-electron chi connectivity index (χ0n) is 34.9. The number of hydrogen-bond donors (Lipinski definition) is 0. The van der Waals surface area contributed by atoms with Gasteiger partial charge in [-0.2, -0.15) is 5.26 Å². The molecule has 286 valence electrons. The molecule has 0 bridgehead atoms. The van der Waals surface area contributed by atoms with E-state index in [9.17, 15) is 5.26 Å². The maximum Gasteiger partial charge on any atom is 0.187 e. The van der Waals surface area contributed by atoms with Crippen LogP contribution < -0.4 is 10.4 Å². The molecular weight excluding hydrogens is 757 g/mol. The van der Waals surface area contributed by atoms with Crippen LogP contribution in [0.5, 0.6) is 0 Å². The summed E-state index contributed by atoms with van der Waals surface area (Å²) in [5, 5.41) is 25.2. The quantitative estimate of drug-likeness (QED) is 0.0935. The topological polar surface area (TPSA) is 28.1 Å². The third kappa shape index (κ3) is 5.95. The molecular formula is C56H44N2Si2. The van der Waals surface area contributed by atoms with Crippen LogP contribution in [0, 0.1) is 17.9 Å². The van der Waals surface area contributed by atoms with E-state index in [-0.39, 0.29) is 0 Å². The van der Waals surface area contributed by atoms with E-state index in [4.69, 9.17) is 6.57 Å². The van der Waals surface area contributed by atoms with E-state index in [1.165, 1.54) is 86.5 Å². The molecule has 10 aromatic rings. The summed E-state index contributed by atoms with van der Waals surface area (Å²) >= 11 is 0. The third-order valence-corrected chi connectivity index (χ3v) is 16.7. The summed E-state index contributed by atoms with van der Waals surface area (Å²) in [6, 6.07) is 60.1. The first-order chi connectivity index (χ1) is 28.9. The molecule has 60 heavy (non-hydrogen) atoms. The Balaban J connectivity index is 1.39. The lowest BCUT2D eigenvalue weighted by atomic mass is 9.81. The summed E-state index contributed by atoms with van der Waals surface area (Å²) in [6.07, 6.45) is 0. The zero-order valence-corrected chi connectivity index (χ0v) is 36.9. The van der Waals surface area contributed by atoms with Gasteiger partial charge >= 0.3 is 0 Å². The van der Waals surface area contributed by atoms with Crippen molar-refractivity contribution in [3.8, 4) is 50.6 Å². The predicted octanol–water partition coefficient (Wildman–Crippen LogP) is 15.1. The van der Waals surface area contributed by atoms with Crippen LogP contribution in [-0.4, -0.2) is 16.1 Å². The molecule has 0 unspecified atom stereocenters. The third-order valence-electron chi connectivity index (χ3n) is 12.6. The van der Waals surface area contributed by atoms with Crippen LogP contribution in [0.1, 0.15) is 5.56 Å². The molecule has 0 spiro atoms. The lowest BCUT2D eigenvalue weighted by molar-refractivity contribution is 1.48. The van der Waals surface area contributed by atoms with Crippen LogP contribution in [0.3, 0.4) is 0 Å². The van der Waals surface area contributed by atoms with Gasteiger partial charge in [-0.15, -0.1) is 0 Å². The van der Waals surface area contributed by atoms with E-state index in [1.807, 2.05) is 24.3 Å². The minimum Gasteiger partial charge on any atom is -0.238 e. The van der Waals surface area contributed by atoms with E-state index >= 15 is 0 Å². The lowest BCUT2D eigenvalue weighted by Crippen LogP contribution is -2.38. The van der Waals surface area contributed by atoms with Crippen molar-refractivity contribution in [1.82, 2.24) is 0 Å². The van der Waals surface area contributed by atoms with Crippen molar-refractivity contribution in [2.24, 2.45) is 0 Å². The number of rotatable bonds is 6. The van der Waals surface area contributed by atoms with Gasteiger partial charge in [0.05, 0.1) is 34.4 Å². The van der Waals surface area contributed by atoms with Crippen molar-refractivity contribution in [1.29, 1.82) is 5.26 Å². The highest BCUT2D eigenvalue weighted by molar-refractivity contribution is 6.91. The van der Waals surface area contributed by atoms with Gasteiger partial charge in [-0.25, -0.2) is 4.85 Å². The SMILES string of the molecule is [C-]#[N+]c1ccc(-c2cc(-c3ccc([Si](C)(C)C)c4ccccc34)c3ccc4c(-c5ccc(C#N)cc5)cc(-c5ccc([Si](C)(C)C)c6ccccc56)c5ccc2c3c45)cc1. The molecule has 0 aromatic heterocycles. The molecule has 0 saturated carbocycles. The van der Waals surface area contributed by atoms with Crippen LogP contribution in [0.15, 0.2) is 158 Å². The van der Waals surface area contributed by atoms with Crippen molar-refractivity contribution in [2.45, 2.75) is 39.3 Å². The van der Waals surface area contributed by atoms with Gasteiger partial charge < -0.3 is 0 Å². The first kappa shape index (κ1) is 37.4. The molecule has 0 N–H and O–H groups in total. The Bertz CT molecular complexity index is 3210. The molecule has 10 aromatic carbocycles. The highest BCUT2D eigenvalue weighted by atomic mass is 28.3.